The summed E-state index contributed by atoms with van der Waals surface area (Å²) >= 11 is 0. The number of benzene rings is 2. The number of para-hydroxylation sites is 1. The predicted molar refractivity (Wildman–Crippen MR) is 110 cm³/mol. The maximum atomic E-state index is 12.7. The minimum Gasteiger partial charge on any atom is -0.370 e. The molecule has 1 amide bonds. The van der Waals surface area contributed by atoms with Gasteiger partial charge >= 0.3 is 0 Å². The fraction of sp³-hybridized carbons (Fsp3) is 0.227. The lowest BCUT2D eigenvalue weighted by Crippen LogP contribution is -2.16. The van der Waals surface area contributed by atoms with E-state index in [0.717, 1.165) is 24.2 Å². The van der Waals surface area contributed by atoms with Gasteiger partial charge < -0.3 is 10.6 Å². The van der Waals surface area contributed by atoms with Gasteiger partial charge in [0, 0.05) is 23.9 Å². The number of carbonyl (C=O) groups is 1. The van der Waals surface area contributed by atoms with E-state index in [9.17, 15) is 4.79 Å². The topological polar surface area (TPSA) is 66.9 Å². The van der Waals surface area contributed by atoms with Gasteiger partial charge in [-0.25, -0.2) is 9.97 Å². The smallest absolute Gasteiger partial charge is 0.274 e. The monoisotopic (exact) mass is 360 g/mol. The summed E-state index contributed by atoms with van der Waals surface area (Å²) in [5.41, 5.74) is 1.94. The summed E-state index contributed by atoms with van der Waals surface area (Å²) < 4.78 is 0. The van der Waals surface area contributed by atoms with Gasteiger partial charge in [-0.3, -0.25) is 4.79 Å². The number of hydrogen-bond donors (Lipinski definition) is 2. The highest BCUT2D eigenvalue weighted by molar-refractivity contribution is 6.03. The summed E-state index contributed by atoms with van der Waals surface area (Å²) in [4.78, 5) is 21.8. The largest absolute Gasteiger partial charge is 0.370 e. The molecule has 0 spiro atoms. The average molecular weight is 360 g/mol. The van der Waals surface area contributed by atoms with Crippen molar-refractivity contribution in [2.75, 3.05) is 17.2 Å². The molecule has 0 saturated carbocycles. The van der Waals surface area contributed by atoms with Crippen LogP contribution in [0.2, 0.25) is 0 Å². The van der Waals surface area contributed by atoms with Crippen molar-refractivity contribution in [1.29, 1.82) is 0 Å². The first kappa shape index (κ1) is 18.6. The minimum absolute atomic E-state index is 0.257. The Hall–Kier alpha value is -3.21. The first-order chi connectivity index (χ1) is 13.1. The molecule has 1 aromatic heterocycles. The third-order valence-corrected chi connectivity index (χ3v) is 4.05. The molecule has 2 aromatic carbocycles. The van der Waals surface area contributed by atoms with E-state index in [0.29, 0.717) is 23.3 Å². The molecule has 1 heterocycles. The maximum Gasteiger partial charge on any atom is 0.274 e. The van der Waals surface area contributed by atoms with Crippen molar-refractivity contribution in [3.63, 3.8) is 0 Å². The van der Waals surface area contributed by atoms with E-state index < -0.39 is 0 Å². The first-order valence-corrected chi connectivity index (χ1v) is 9.16. The first-order valence-electron chi connectivity index (χ1n) is 9.16. The number of carbonyl (C=O) groups excluding carboxylic acids is 1. The molecule has 0 saturated heterocycles. The lowest BCUT2D eigenvalue weighted by molar-refractivity contribution is 0.102. The highest BCUT2D eigenvalue weighted by Crippen LogP contribution is 2.19. The van der Waals surface area contributed by atoms with Gasteiger partial charge in [-0.1, -0.05) is 62.4 Å². The number of nitrogens with zero attached hydrogens (tertiary/aromatic N) is 2. The van der Waals surface area contributed by atoms with Gasteiger partial charge in [0.05, 0.1) is 0 Å². The molecule has 27 heavy (non-hydrogen) atoms. The minimum atomic E-state index is -0.257. The second-order valence-electron chi connectivity index (χ2n) is 6.76. The van der Waals surface area contributed by atoms with E-state index >= 15 is 0 Å². The van der Waals surface area contributed by atoms with Crippen molar-refractivity contribution in [2.45, 2.75) is 20.3 Å². The fourth-order valence-corrected chi connectivity index (χ4v) is 2.58. The van der Waals surface area contributed by atoms with Crippen molar-refractivity contribution >= 4 is 17.4 Å². The Morgan fingerprint density at radius 1 is 0.963 bits per heavy atom. The highest BCUT2D eigenvalue weighted by Gasteiger charge is 2.13. The van der Waals surface area contributed by atoms with Crippen LogP contribution in [0.25, 0.3) is 11.4 Å². The van der Waals surface area contributed by atoms with Crippen LogP contribution >= 0.6 is 0 Å². The normalized spacial score (nSPS) is 10.6. The number of amides is 1. The third kappa shape index (κ3) is 5.38. The Bertz CT molecular complexity index is 879. The average Bonchev–Trinajstić information content (AvgIpc) is 2.69. The molecule has 0 atom stereocenters. The number of rotatable bonds is 7. The quantitative estimate of drug-likeness (QED) is 0.632. The maximum absolute atomic E-state index is 12.7. The highest BCUT2D eigenvalue weighted by atomic mass is 16.1. The van der Waals surface area contributed by atoms with E-state index in [1.165, 1.54) is 0 Å². The zero-order chi connectivity index (χ0) is 19.1. The molecule has 138 valence electrons. The standard InChI is InChI=1S/C22H24N4O/c1-16(2)13-14-23-20-15-19(22(27)24-18-11-7-4-8-12-18)25-21(26-20)17-9-5-3-6-10-17/h3-12,15-16H,13-14H2,1-2H3,(H,24,27)(H,23,25,26). The molecular weight excluding hydrogens is 336 g/mol. The second kappa shape index (κ2) is 8.94. The molecular formula is C22H24N4O. The Balaban J connectivity index is 1.88. The van der Waals surface area contributed by atoms with Gasteiger partial charge in [0.1, 0.15) is 11.5 Å². The lowest BCUT2D eigenvalue weighted by Gasteiger charge is -2.11. The van der Waals surface area contributed by atoms with Crippen LogP contribution in [0.15, 0.2) is 66.7 Å². The molecule has 0 fully saturated rings. The lowest BCUT2D eigenvalue weighted by atomic mass is 10.1. The molecule has 0 aliphatic carbocycles. The van der Waals surface area contributed by atoms with E-state index in [-0.39, 0.29) is 5.91 Å². The van der Waals surface area contributed by atoms with Crippen molar-refractivity contribution in [3.8, 4) is 11.4 Å². The van der Waals surface area contributed by atoms with Gasteiger partial charge in [0.2, 0.25) is 0 Å². The van der Waals surface area contributed by atoms with Crippen LogP contribution in [0.4, 0.5) is 11.5 Å². The molecule has 3 rings (SSSR count). The van der Waals surface area contributed by atoms with Crippen LogP contribution in [0, 0.1) is 5.92 Å². The Kier molecular flexibility index (Phi) is 6.15. The number of anilines is 2. The number of aromatic nitrogens is 2. The van der Waals surface area contributed by atoms with Gasteiger partial charge in [0.15, 0.2) is 5.82 Å². The summed E-state index contributed by atoms with van der Waals surface area (Å²) in [7, 11) is 0. The molecule has 0 bridgehead atoms. The van der Waals surface area contributed by atoms with Crippen molar-refractivity contribution in [1.82, 2.24) is 9.97 Å². The molecule has 0 aliphatic heterocycles. The predicted octanol–water partition coefficient (Wildman–Crippen LogP) is 4.85. The third-order valence-electron chi connectivity index (χ3n) is 4.05. The summed E-state index contributed by atoms with van der Waals surface area (Å²) in [6.07, 6.45) is 1.02. The number of hydrogen-bond acceptors (Lipinski definition) is 4. The van der Waals surface area contributed by atoms with Crippen molar-refractivity contribution in [2.24, 2.45) is 5.92 Å². The van der Waals surface area contributed by atoms with Gasteiger partial charge in [-0.15, -0.1) is 0 Å². The van der Waals surface area contributed by atoms with Crippen LogP contribution in [0.3, 0.4) is 0 Å². The Labute approximate surface area is 159 Å². The molecule has 5 nitrogen and oxygen atoms in total. The second-order valence-corrected chi connectivity index (χ2v) is 6.76. The number of nitrogens with one attached hydrogen (secondary N) is 2. The van der Waals surface area contributed by atoms with Crippen molar-refractivity contribution < 1.29 is 4.79 Å². The van der Waals surface area contributed by atoms with Crippen LogP contribution in [0.5, 0.6) is 0 Å². The van der Waals surface area contributed by atoms with Gasteiger partial charge in [-0.05, 0) is 24.5 Å². The SMILES string of the molecule is CC(C)CCNc1cc(C(=O)Nc2ccccc2)nc(-c2ccccc2)n1. The van der Waals surface area contributed by atoms with E-state index in [2.05, 4.69) is 34.4 Å². The molecule has 0 aliphatic rings. The fourth-order valence-electron chi connectivity index (χ4n) is 2.58. The summed E-state index contributed by atoms with van der Waals surface area (Å²) in [5, 5.41) is 6.20. The van der Waals surface area contributed by atoms with Crippen LogP contribution < -0.4 is 10.6 Å². The Morgan fingerprint density at radius 3 is 2.30 bits per heavy atom. The molecule has 2 N–H and O–H groups in total. The Morgan fingerprint density at radius 2 is 1.63 bits per heavy atom. The van der Waals surface area contributed by atoms with E-state index in [4.69, 9.17) is 0 Å². The van der Waals surface area contributed by atoms with Crippen LogP contribution in [-0.2, 0) is 0 Å². The zero-order valence-corrected chi connectivity index (χ0v) is 15.6. The summed E-state index contributed by atoms with van der Waals surface area (Å²) in [6, 6.07) is 20.7. The van der Waals surface area contributed by atoms with Crippen LogP contribution in [-0.4, -0.2) is 22.4 Å². The summed E-state index contributed by atoms with van der Waals surface area (Å²) in [6.45, 7) is 5.15. The molecule has 0 radical (unpaired) electrons. The van der Waals surface area contributed by atoms with E-state index in [1.54, 1.807) is 6.07 Å². The molecule has 3 aromatic rings. The van der Waals surface area contributed by atoms with Gasteiger partial charge in [-0.2, -0.15) is 0 Å². The van der Waals surface area contributed by atoms with Gasteiger partial charge in [0.25, 0.3) is 5.91 Å². The van der Waals surface area contributed by atoms with Crippen molar-refractivity contribution in [3.05, 3.63) is 72.4 Å². The molecule has 0 unspecified atom stereocenters. The molecule has 5 heteroatoms. The summed E-state index contributed by atoms with van der Waals surface area (Å²) in [5.74, 6) is 1.52. The van der Waals surface area contributed by atoms with Crippen LogP contribution in [0.1, 0.15) is 30.8 Å². The zero-order valence-electron chi connectivity index (χ0n) is 15.6. The van der Waals surface area contributed by atoms with E-state index in [1.807, 2.05) is 60.7 Å².